The smallest absolute Gasteiger partial charge is 0.246 e. The van der Waals surface area contributed by atoms with Gasteiger partial charge in [-0.25, -0.2) is 8.42 Å². The highest BCUT2D eigenvalue weighted by molar-refractivity contribution is 7.89. The van der Waals surface area contributed by atoms with Gasteiger partial charge in [-0.3, -0.25) is 0 Å². The van der Waals surface area contributed by atoms with Crippen molar-refractivity contribution < 1.29 is 12.8 Å². The van der Waals surface area contributed by atoms with E-state index in [0.717, 1.165) is 19.3 Å². The maximum Gasteiger partial charge on any atom is 0.246 e. The lowest BCUT2D eigenvalue weighted by Crippen LogP contribution is -2.37. The third kappa shape index (κ3) is 3.84. The average molecular weight is 302 g/mol. The maximum atomic E-state index is 12.7. The molecule has 0 atom stereocenters. The predicted octanol–water partition coefficient (Wildman–Crippen LogP) is 2.64. The largest absolute Gasteiger partial charge is 0.464 e. The second-order valence-electron chi connectivity index (χ2n) is 5.25. The van der Waals surface area contributed by atoms with Crippen molar-refractivity contribution in [3.63, 3.8) is 0 Å². The molecule has 0 saturated heterocycles. The summed E-state index contributed by atoms with van der Waals surface area (Å²) in [6.07, 6.45) is 2.96. The number of unbranched alkanes of at least 4 members (excludes halogenated alkanes) is 2. The van der Waals surface area contributed by atoms with E-state index in [2.05, 4.69) is 6.92 Å². The van der Waals surface area contributed by atoms with Gasteiger partial charge in [-0.05, 0) is 27.2 Å². The van der Waals surface area contributed by atoms with Gasteiger partial charge in [-0.15, -0.1) is 0 Å². The summed E-state index contributed by atoms with van der Waals surface area (Å²) in [6, 6.07) is 1.47. The third-order valence-corrected chi connectivity index (χ3v) is 5.45. The molecule has 0 spiro atoms. The van der Waals surface area contributed by atoms with Crippen molar-refractivity contribution >= 4 is 10.0 Å². The van der Waals surface area contributed by atoms with Gasteiger partial charge >= 0.3 is 0 Å². The zero-order valence-corrected chi connectivity index (χ0v) is 13.7. The minimum atomic E-state index is -3.52. The molecule has 0 amide bonds. The van der Waals surface area contributed by atoms with Crippen LogP contribution in [0.15, 0.2) is 15.4 Å². The molecule has 5 nitrogen and oxygen atoms in total. The van der Waals surface area contributed by atoms with E-state index in [1.54, 1.807) is 17.3 Å². The van der Waals surface area contributed by atoms with Crippen LogP contribution in [-0.2, 0) is 16.6 Å². The van der Waals surface area contributed by atoms with Gasteiger partial charge in [0.25, 0.3) is 0 Å². The van der Waals surface area contributed by atoms with E-state index in [-0.39, 0.29) is 17.5 Å². The van der Waals surface area contributed by atoms with E-state index in [0.29, 0.717) is 18.1 Å². The van der Waals surface area contributed by atoms with Gasteiger partial charge in [0.05, 0.1) is 6.54 Å². The van der Waals surface area contributed by atoms with Crippen LogP contribution in [0.4, 0.5) is 0 Å². The summed E-state index contributed by atoms with van der Waals surface area (Å²) in [5.74, 6) is 0.907. The fourth-order valence-corrected chi connectivity index (χ4v) is 4.04. The van der Waals surface area contributed by atoms with Crippen molar-refractivity contribution in [1.29, 1.82) is 0 Å². The van der Waals surface area contributed by atoms with Crippen LogP contribution in [0.2, 0.25) is 0 Å². The fourth-order valence-electron chi connectivity index (χ4n) is 2.18. The van der Waals surface area contributed by atoms with Crippen molar-refractivity contribution in [1.82, 2.24) is 4.31 Å². The standard InChI is InChI=1S/C14H26N2O3S/c1-5-6-7-8-16(11(2)3)20(17,18)14-9-13(10-15)19-12(14)4/h9,11H,5-8,10,15H2,1-4H3. The predicted molar refractivity (Wildman–Crippen MR) is 79.9 cm³/mol. The van der Waals surface area contributed by atoms with E-state index in [4.69, 9.17) is 10.2 Å². The van der Waals surface area contributed by atoms with E-state index >= 15 is 0 Å². The zero-order valence-electron chi connectivity index (χ0n) is 12.8. The summed E-state index contributed by atoms with van der Waals surface area (Å²) in [5, 5.41) is 0. The molecule has 1 aromatic heterocycles. The van der Waals surface area contributed by atoms with E-state index in [1.807, 2.05) is 13.8 Å². The average Bonchev–Trinajstić information content (AvgIpc) is 2.76. The Labute approximate surface area is 122 Å². The van der Waals surface area contributed by atoms with Gasteiger partial charge in [-0.1, -0.05) is 19.8 Å². The van der Waals surface area contributed by atoms with Crippen molar-refractivity contribution in [3.8, 4) is 0 Å². The molecule has 2 N–H and O–H groups in total. The molecule has 0 radical (unpaired) electrons. The molecule has 20 heavy (non-hydrogen) atoms. The number of furan rings is 1. The summed E-state index contributed by atoms with van der Waals surface area (Å²) in [7, 11) is -3.52. The molecule has 1 rings (SSSR count). The van der Waals surface area contributed by atoms with E-state index in [9.17, 15) is 8.42 Å². The molecule has 0 aliphatic rings. The van der Waals surface area contributed by atoms with Crippen LogP contribution in [-0.4, -0.2) is 25.3 Å². The number of rotatable bonds is 8. The molecule has 116 valence electrons. The molecule has 0 bridgehead atoms. The quantitative estimate of drug-likeness (QED) is 0.749. The maximum absolute atomic E-state index is 12.7. The molecular weight excluding hydrogens is 276 g/mol. The van der Waals surface area contributed by atoms with Gasteiger partial charge in [-0.2, -0.15) is 4.31 Å². The first-order valence-electron chi connectivity index (χ1n) is 7.15. The molecule has 6 heteroatoms. The summed E-state index contributed by atoms with van der Waals surface area (Å²) in [6.45, 7) is 8.29. The fraction of sp³-hybridized carbons (Fsp3) is 0.714. The zero-order chi connectivity index (χ0) is 15.3. The Balaban J connectivity index is 3.06. The Hall–Kier alpha value is -0.850. The van der Waals surface area contributed by atoms with Gasteiger partial charge in [0.15, 0.2) is 0 Å². The topological polar surface area (TPSA) is 76.5 Å². The van der Waals surface area contributed by atoms with Crippen LogP contribution >= 0.6 is 0 Å². The van der Waals surface area contributed by atoms with Crippen molar-refractivity contribution in [3.05, 3.63) is 17.6 Å². The highest BCUT2D eigenvalue weighted by atomic mass is 32.2. The van der Waals surface area contributed by atoms with Gasteiger partial charge in [0.2, 0.25) is 10.0 Å². The van der Waals surface area contributed by atoms with Gasteiger partial charge in [0.1, 0.15) is 16.4 Å². The first-order valence-corrected chi connectivity index (χ1v) is 8.59. The Morgan fingerprint density at radius 3 is 2.45 bits per heavy atom. The summed E-state index contributed by atoms with van der Waals surface area (Å²) in [4.78, 5) is 0.239. The van der Waals surface area contributed by atoms with Crippen LogP contribution in [0.25, 0.3) is 0 Å². The number of nitrogens with zero attached hydrogens (tertiary/aromatic N) is 1. The molecule has 0 aliphatic carbocycles. The summed E-state index contributed by atoms with van der Waals surface area (Å²) >= 11 is 0. The van der Waals surface area contributed by atoms with E-state index in [1.165, 1.54) is 0 Å². The first kappa shape index (κ1) is 17.2. The third-order valence-electron chi connectivity index (χ3n) is 3.27. The minimum absolute atomic E-state index is 0.0764. The molecular formula is C14H26N2O3S. The van der Waals surface area contributed by atoms with Crippen LogP contribution in [0.1, 0.15) is 51.6 Å². The number of nitrogens with two attached hydrogens (primary N) is 1. The monoisotopic (exact) mass is 302 g/mol. The van der Waals surface area contributed by atoms with Crippen LogP contribution in [0.5, 0.6) is 0 Å². The molecule has 1 aromatic rings. The SMILES string of the molecule is CCCCCN(C(C)C)S(=O)(=O)c1cc(CN)oc1C. The van der Waals surface area contributed by atoms with Gasteiger partial charge in [0, 0.05) is 18.7 Å². The van der Waals surface area contributed by atoms with Crippen LogP contribution < -0.4 is 5.73 Å². The Kier molecular flexibility index (Phi) is 6.23. The van der Waals surface area contributed by atoms with Gasteiger partial charge < -0.3 is 10.2 Å². The minimum Gasteiger partial charge on any atom is -0.464 e. The number of hydrogen-bond acceptors (Lipinski definition) is 4. The number of sulfonamides is 1. The highest BCUT2D eigenvalue weighted by Crippen LogP contribution is 2.25. The molecule has 0 fully saturated rings. The van der Waals surface area contributed by atoms with Crippen molar-refractivity contribution in [2.24, 2.45) is 5.73 Å². The van der Waals surface area contributed by atoms with Crippen molar-refractivity contribution in [2.45, 2.75) is 64.4 Å². The van der Waals surface area contributed by atoms with Crippen LogP contribution in [0, 0.1) is 6.92 Å². The molecule has 0 aromatic carbocycles. The molecule has 0 saturated carbocycles. The normalized spacial score (nSPS) is 12.6. The highest BCUT2D eigenvalue weighted by Gasteiger charge is 2.30. The molecule has 0 unspecified atom stereocenters. The number of hydrogen-bond donors (Lipinski definition) is 1. The Morgan fingerprint density at radius 1 is 1.35 bits per heavy atom. The Morgan fingerprint density at radius 2 is 2.00 bits per heavy atom. The molecule has 1 heterocycles. The summed E-state index contributed by atoms with van der Waals surface area (Å²) in [5.41, 5.74) is 5.51. The van der Waals surface area contributed by atoms with E-state index < -0.39 is 10.0 Å². The lowest BCUT2D eigenvalue weighted by molar-refractivity contribution is 0.344. The van der Waals surface area contributed by atoms with Crippen molar-refractivity contribution in [2.75, 3.05) is 6.54 Å². The lowest BCUT2D eigenvalue weighted by atomic mass is 10.2. The first-order chi connectivity index (χ1) is 9.34. The van der Waals surface area contributed by atoms with Crippen LogP contribution in [0.3, 0.4) is 0 Å². The second-order valence-corrected chi connectivity index (χ2v) is 7.11. The number of aryl methyl sites for hydroxylation is 1. The second kappa shape index (κ2) is 7.24. The molecule has 0 aliphatic heterocycles. The lowest BCUT2D eigenvalue weighted by Gasteiger charge is -2.25. The summed E-state index contributed by atoms with van der Waals surface area (Å²) < 4.78 is 32.4. The Bertz CT molecular complexity index is 521.